The van der Waals surface area contributed by atoms with E-state index in [9.17, 15) is 13.2 Å². The predicted molar refractivity (Wildman–Crippen MR) is 95.7 cm³/mol. The Labute approximate surface area is 146 Å². The van der Waals surface area contributed by atoms with Gasteiger partial charge in [0.25, 0.3) is 0 Å². The monoisotopic (exact) mass is 366 g/mol. The van der Waals surface area contributed by atoms with Gasteiger partial charge >= 0.3 is 0 Å². The van der Waals surface area contributed by atoms with E-state index in [-0.39, 0.29) is 18.3 Å². The molecule has 0 unspecified atom stereocenters. The van der Waals surface area contributed by atoms with Crippen LogP contribution in [0.5, 0.6) is 0 Å². The fourth-order valence-corrected chi connectivity index (χ4v) is 5.09. The van der Waals surface area contributed by atoms with Gasteiger partial charge in [0.05, 0.1) is 0 Å². The second-order valence-corrected chi connectivity index (χ2v) is 9.26. The summed E-state index contributed by atoms with van der Waals surface area (Å²) in [6, 6.07) is 0. The first kappa shape index (κ1) is 20.7. The maximum absolute atomic E-state index is 12.6. The Morgan fingerprint density at radius 1 is 1.09 bits per heavy atom. The molecular weight excluding hydrogens is 336 g/mol. The number of nitrogens with one attached hydrogen (secondary N) is 2. The zero-order chi connectivity index (χ0) is 16.1. The molecule has 0 atom stereocenters. The molecule has 0 radical (unpaired) electrons. The summed E-state index contributed by atoms with van der Waals surface area (Å²) in [6.45, 7) is 1.80. The Balaban J connectivity index is 0.00000264. The van der Waals surface area contributed by atoms with E-state index in [1.165, 1.54) is 38.4 Å². The van der Waals surface area contributed by atoms with E-state index in [1.54, 1.807) is 0 Å². The van der Waals surface area contributed by atoms with Gasteiger partial charge in [-0.15, -0.1) is 12.4 Å². The minimum atomic E-state index is -3.40. The van der Waals surface area contributed by atoms with Gasteiger partial charge in [0.15, 0.2) is 14.6 Å². The molecule has 2 rings (SSSR count). The third-order valence-corrected chi connectivity index (χ3v) is 7.32. The van der Waals surface area contributed by atoms with Crippen molar-refractivity contribution in [2.45, 2.75) is 62.5 Å². The Hall–Kier alpha value is -0.330. The lowest BCUT2D eigenvalue weighted by Crippen LogP contribution is -2.57. The lowest BCUT2D eigenvalue weighted by atomic mass is 9.90. The van der Waals surface area contributed by atoms with Crippen LogP contribution in [0.25, 0.3) is 0 Å². The largest absolute Gasteiger partial charge is 0.354 e. The number of halogens is 1. The van der Waals surface area contributed by atoms with Crippen LogP contribution in [0.15, 0.2) is 0 Å². The van der Waals surface area contributed by atoms with Crippen molar-refractivity contribution in [3.8, 4) is 0 Å². The molecule has 1 saturated heterocycles. The Bertz CT molecular complexity index is 468. The van der Waals surface area contributed by atoms with Gasteiger partial charge in [-0.2, -0.15) is 0 Å². The number of hydrogen-bond acceptors (Lipinski definition) is 4. The van der Waals surface area contributed by atoms with Crippen LogP contribution >= 0.6 is 12.4 Å². The summed E-state index contributed by atoms with van der Waals surface area (Å²) in [4.78, 5) is 12.6. The number of carbonyl (C=O) groups is 1. The molecule has 2 fully saturated rings. The second kappa shape index (κ2) is 9.23. The molecule has 0 aromatic heterocycles. The first-order chi connectivity index (χ1) is 10.5. The molecule has 0 bridgehead atoms. The SMILES string of the molecule is CS(=O)(=O)C1(C(=O)NCC2CCCCCCC2)CCNCC1.Cl. The van der Waals surface area contributed by atoms with Crippen molar-refractivity contribution in [1.29, 1.82) is 0 Å². The second-order valence-electron chi connectivity index (χ2n) is 6.94. The standard InChI is InChI=1S/C16H30N2O3S.ClH/c1-22(20,21)16(9-11-17-12-10-16)15(19)18-13-14-7-5-3-2-4-6-8-14;/h14,17H,2-13H2,1H3,(H,18,19);1H. The van der Waals surface area contributed by atoms with Crippen molar-refractivity contribution in [3.63, 3.8) is 0 Å². The summed E-state index contributed by atoms with van der Waals surface area (Å²) in [6.07, 6.45) is 10.6. The minimum Gasteiger partial charge on any atom is -0.354 e. The van der Waals surface area contributed by atoms with Gasteiger partial charge in [-0.25, -0.2) is 8.42 Å². The summed E-state index contributed by atoms with van der Waals surface area (Å²) >= 11 is 0. The van der Waals surface area contributed by atoms with Crippen molar-refractivity contribution in [2.24, 2.45) is 5.92 Å². The minimum absolute atomic E-state index is 0. The lowest BCUT2D eigenvalue weighted by Gasteiger charge is -2.35. The summed E-state index contributed by atoms with van der Waals surface area (Å²) < 4.78 is 23.2. The molecular formula is C16H31ClN2O3S. The molecule has 0 aromatic carbocycles. The number of amides is 1. The summed E-state index contributed by atoms with van der Waals surface area (Å²) in [5, 5.41) is 6.11. The molecule has 2 aliphatic rings. The van der Waals surface area contributed by atoms with E-state index < -0.39 is 14.6 Å². The van der Waals surface area contributed by atoms with Crippen LogP contribution in [-0.2, 0) is 14.6 Å². The quantitative estimate of drug-likeness (QED) is 0.798. The number of carbonyl (C=O) groups excluding carboxylic acids is 1. The first-order valence-corrected chi connectivity index (χ1v) is 10.5. The van der Waals surface area contributed by atoms with E-state index in [0.29, 0.717) is 38.4 Å². The molecule has 2 N–H and O–H groups in total. The molecule has 1 heterocycles. The summed E-state index contributed by atoms with van der Waals surface area (Å²) in [5.74, 6) is 0.223. The van der Waals surface area contributed by atoms with Crippen LogP contribution in [0.3, 0.4) is 0 Å². The van der Waals surface area contributed by atoms with E-state index in [4.69, 9.17) is 0 Å². The van der Waals surface area contributed by atoms with Gasteiger partial charge in [0, 0.05) is 12.8 Å². The van der Waals surface area contributed by atoms with Gasteiger partial charge in [-0.05, 0) is 44.7 Å². The van der Waals surface area contributed by atoms with Crippen molar-refractivity contribution >= 4 is 28.2 Å². The molecule has 1 amide bonds. The van der Waals surface area contributed by atoms with Gasteiger partial charge in [0.2, 0.25) is 5.91 Å². The zero-order valence-electron chi connectivity index (χ0n) is 14.1. The van der Waals surface area contributed by atoms with Gasteiger partial charge < -0.3 is 10.6 Å². The molecule has 1 aliphatic heterocycles. The van der Waals surface area contributed by atoms with Crippen LogP contribution in [-0.4, -0.2) is 45.0 Å². The highest BCUT2D eigenvalue weighted by atomic mass is 35.5. The van der Waals surface area contributed by atoms with E-state index in [0.717, 1.165) is 12.8 Å². The Morgan fingerprint density at radius 3 is 2.13 bits per heavy atom. The van der Waals surface area contributed by atoms with Crippen molar-refractivity contribution in [2.75, 3.05) is 25.9 Å². The van der Waals surface area contributed by atoms with E-state index in [2.05, 4.69) is 10.6 Å². The third kappa shape index (κ3) is 5.33. The first-order valence-electron chi connectivity index (χ1n) is 8.64. The third-order valence-electron chi connectivity index (χ3n) is 5.31. The zero-order valence-corrected chi connectivity index (χ0v) is 15.7. The predicted octanol–water partition coefficient (Wildman–Crippen LogP) is 2.05. The fraction of sp³-hybridized carbons (Fsp3) is 0.938. The summed E-state index contributed by atoms with van der Waals surface area (Å²) in [7, 11) is -3.40. The Kier molecular flexibility index (Phi) is 8.31. The average molecular weight is 367 g/mol. The Morgan fingerprint density at radius 2 is 1.61 bits per heavy atom. The van der Waals surface area contributed by atoms with Crippen LogP contribution in [0.1, 0.15) is 57.8 Å². The van der Waals surface area contributed by atoms with E-state index in [1.807, 2.05) is 0 Å². The van der Waals surface area contributed by atoms with Crippen LogP contribution in [0.4, 0.5) is 0 Å². The van der Waals surface area contributed by atoms with Crippen LogP contribution in [0, 0.1) is 5.92 Å². The number of sulfone groups is 1. The van der Waals surface area contributed by atoms with Gasteiger partial charge in [-0.1, -0.05) is 32.1 Å². The molecule has 7 heteroatoms. The van der Waals surface area contributed by atoms with Crippen molar-refractivity contribution in [3.05, 3.63) is 0 Å². The number of rotatable bonds is 4. The molecule has 23 heavy (non-hydrogen) atoms. The van der Waals surface area contributed by atoms with E-state index >= 15 is 0 Å². The normalized spacial score (nSPS) is 23.2. The highest BCUT2D eigenvalue weighted by molar-refractivity contribution is 7.92. The molecule has 0 spiro atoms. The van der Waals surface area contributed by atoms with Gasteiger partial charge in [0.1, 0.15) is 0 Å². The highest BCUT2D eigenvalue weighted by Gasteiger charge is 2.48. The fourth-order valence-electron chi connectivity index (χ4n) is 3.74. The molecule has 1 aliphatic carbocycles. The molecule has 136 valence electrons. The lowest BCUT2D eigenvalue weighted by molar-refractivity contribution is -0.124. The molecule has 0 aromatic rings. The topological polar surface area (TPSA) is 75.3 Å². The summed E-state index contributed by atoms with van der Waals surface area (Å²) in [5.41, 5.74) is 0. The van der Waals surface area contributed by atoms with Crippen LogP contribution in [0.2, 0.25) is 0 Å². The van der Waals surface area contributed by atoms with Crippen molar-refractivity contribution < 1.29 is 13.2 Å². The average Bonchev–Trinajstić information content (AvgIpc) is 2.45. The van der Waals surface area contributed by atoms with Crippen molar-refractivity contribution in [1.82, 2.24) is 10.6 Å². The number of hydrogen-bond donors (Lipinski definition) is 2. The molecule has 1 saturated carbocycles. The maximum atomic E-state index is 12.6. The highest BCUT2D eigenvalue weighted by Crippen LogP contribution is 2.28. The number of piperidine rings is 1. The smallest absolute Gasteiger partial charge is 0.241 e. The maximum Gasteiger partial charge on any atom is 0.241 e. The molecule has 5 nitrogen and oxygen atoms in total. The van der Waals surface area contributed by atoms with Gasteiger partial charge in [-0.3, -0.25) is 4.79 Å². The van der Waals surface area contributed by atoms with Crippen LogP contribution < -0.4 is 10.6 Å².